The number of pyridine rings is 1. The van der Waals surface area contributed by atoms with Crippen molar-refractivity contribution in [3.05, 3.63) is 64.2 Å². The summed E-state index contributed by atoms with van der Waals surface area (Å²) in [6.45, 7) is 0. The van der Waals surface area contributed by atoms with Crippen LogP contribution < -0.4 is 5.32 Å². The Bertz CT molecular complexity index is 596. The van der Waals surface area contributed by atoms with E-state index >= 15 is 0 Å². The van der Waals surface area contributed by atoms with E-state index in [-0.39, 0.29) is 12.0 Å². The number of nitrogens with one attached hydrogen (secondary N) is 1. The zero-order valence-corrected chi connectivity index (χ0v) is 11.4. The highest BCUT2D eigenvalue weighted by molar-refractivity contribution is 6.31. The van der Waals surface area contributed by atoms with Gasteiger partial charge in [-0.25, -0.2) is 13.2 Å². The van der Waals surface area contributed by atoms with Crippen LogP contribution in [0.25, 0.3) is 0 Å². The number of hydrogen-bond acceptors (Lipinski definition) is 2. The van der Waals surface area contributed by atoms with Gasteiger partial charge in [-0.3, -0.25) is 4.98 Å². The molecule has 2 aromatic rings. The van der Waals surface area contributed by atoms with Crippen LogP contribution in [0.4, 0.5) is 13.2 Å². The summed E-state index contributed by atoms with van der Waals surface area (Å²) < 4.78 is 40.5. The Labute approximate surface area is 119 Å². The molecule has 1 unspecified atom stereocenters. The summed E-state index contributed by atoms with van der Waals surface area (Å²) in [6, 6.07) is 2.34. The number of nitrogens with zero attached hydrogens (tertiary/aromatic N) is 1. The zero-order chi connectivity index (χ0) is 14.7. The van der Waals surface area contributed by atoms with E-state index in [9.17, 15) is 13.2 Å². The fourth-order valence-corrected chi connectivity index (χ4v) is 2.22. The van der Waals surface area contributed by atoms with E-state index in [1.165, 1.54) is 6.20 Å². The van der Waals surface area contributed by atoms with Gasteiger partial charge in [-0.15, -0.1) is 0 Å². The van der Waals surface area contributed by atoms with Gasteiger partial charge in [-0.2, -0.15) is 0 Å². The maximum atomic E-state index is 13.8. The van der Waals surface area contributed by atoms with Crippen molar-refractivity contribution in [1.82, 2.24) is 10.3 Å². The standard InChI is InChI=1S/C14H12ClF3N2/c1-19-13(4-8-2-3-20-7-10(8)15)14-11(17)5-9(16)6-12(14)18/h2-3,5-7,13,19H,4H2,1H3. The van der Waals surface area contributed by atoms with Gasteiger partial charge in [0.1, 0.15) is 17.5 Å². The number of halogens is 4. The first-order chi connectivity index (χ1) is 9.52. The molecule has 0 spiro atoms. The average molecular weight is 301 g/mol. The molecule has 6 heteroatoms. The average Bonchev–Trinajstić information content (AvgIpc) is 2.38. The van der Waals surface area contributed by atoms with E-state index in [1.54, 1.807) is 19.3 Å². The Morgan fingerprint density at radius 2 is 1.90 bits per heavy atom. The summed E-state index contributed by atoms with van der Waals surface area (Å²) in [5, 5.41) is 3.23. The first-order valence-electron chi connectivity index (χ1n) is 5.93. The number of hydrogen-bond donors (Lipinski definition) is 1. The molecular weight excluding hydrogens is 289 g/mol. The fraction of sp³-hybridized carbons (Fsp3) is 0.214. The number of likely N-dealkylation sites (N-methyl/N-ethyl adjacent to an activating group) is 1. The van der Waals surface area contributed by atoms with Crippen molar-refractivity contribution in [3.8, 4) is 0 Å². The topological polar surface area (TPSA) is 24.9 Å². The molecule has 1 aromatic heterocycles. The summed E-state index contributed by atoms with van der Waals surface area (Å²) in [4.78, 5) is 3.85. The van der Waals surface area contributed by atoms with Gasteiger partial charge in [0.2, 0.25) is 0 Å². The molecule has 0 radical (unpaired) electrons. The molecule has 106 valence electrons. The third kappa shape index (κ3) is 3.11. The molecule has 2 rings (SSSR count). The number of rotatable bonds is 4. The monoisotopic (exact) mass is 300 g/mol. The van der Waals surface area contributed by atoms with Crippen LogP contribution in [0.3, 0.4) is 0 Å². The summed E-state index contributed by atoms with van der Waals surface area (Å²) in [5.74, 6) is -2.79. The molecule has 2 nitrogen and oxygen atoms in total. The summed E-state index contributed by atoms with van der Waals surface area (Å²) in [6.07, 6.45) is 3.27. The molecule has 0 saturated carbocycles. The predicted molar refractivity (Wildman–Crippen MR) is 71.1 cm³/mol. The Balaban J connectivity index is 2.37. The Hall–Kier alpha value is -1.59. The zero-order valence-electron chi connectivity index (χ0n) is 10.6. The van der Waals surface area contributed by atoms with Crippen LogP contribution >= 0.6 is 11.6 Å². The van der Waals surface area contributed by atoms with E-state index in [4.69, 9.17) is 11.6 Å². The van der Waals surface area contributed by atoms with Crippen LogP contribution in [0.5, 0.6) is 0 Å². The van der Waals surface area contributed by atoms with Gasteiger partial charge in [-0.05, 0) is 25.1 Å². The van der Waals surface area contributed by atoms with E-state index in [0.717, 1.165) is 0 Å². The summed E-state index contributed by atoms with van der Waals surface area (Å²) >= 11 is 5.98. The maximum Gasteiger partial charge on any atom is 0.133 e. The van der Waals surface area contributed by atoms with Crippen LogP contribution in [-0.2, 0) is 6.42 Å². The molecule has 0 aliphatic carbocycles. The van der Waals surface area contributed by atoms with E-state index in [1.807, 2.05) is 0 Å². The second-order valence-corrected chi connectivity index (χ2v) is 4.70. The Morgan fingerprint density at radius 3 is 2.45 bits per heavy atom. The summed E-state index contributed by atoms with van der Waals surface area (Å²) in [5.41, 5.74) is 0.492. The SMILES string of the molecule is CNC(Cc1ccncc1Cl)c1c(F)cc(F)cc1F. The lowest BCUT2D eigenvalue weighted by Crippen LogP contribution is -2.22. The first-order valence-corrected chi connectivity index (χ1v) is 6.30. The van der Waals surface area contributed by atoms with Crippen molar-refractivity contribution in [2.24, 2.45) is 0 Å². The maximum absolute atomic E-state index is 13.8. The van der Waals surface area contributed by atoms with Crippen molar-refractivity contribution in [3.63, 3.8) is 0 Å². The molecule has 20 heavy (non-hydrogen) atoms. The Morgan fingerprint density at radius 1 is 1.25 bits per heavy atom. The van der Waals surface area contributed by atoms with Gasteiger partial charge in [0.25, 0.3) is 0 Å². The van der Waals surface area contributed by atoms with Gasteiger partial charge in [0.15, 0.2) is 0 Å². The second kappa shape index (κ2) is 6.24. The molecule has 0 saturated heterocycles. The smallest absolute Gasteiger partial charge is 0.133 e. The highest BCUT2D eigenvalue weighted by Gasteiger charge is 2.21. The van der Waals surface area contributed by atoms with Crippen LogP contribution in [0, 0.1) is 17.5 Å². The quantitative estimate of drug-likeness (QED) is 0.932. The lowest BCUT2D eigenvalue weighted by Gasteiger charge is -2.18. The van der Waals surface area contributed by atoms with Gasteiger partial charge in [-0.1, -0.05) is 11.6 Å². The molecule has 1 heterocycles. The van der Waals surface area contributed by atoms with Crippen molar-refractivity contribution >= 4 is 11.6 Å². The van der Waals surface area contributed by atoms with Crippen LogP contribution in [-0.4, -0.2) is 12.0 Å². The minimum atomic E-state index is -0.944. The van der Waals surface area contributed by atoms with Crippen LogP contribution in [0.2, 0.25) is 5.02 Å². The van der Waals surface area contributed by atoms with Crippen molar-refractivity contribution in [1.29, 1.82) is 0 Å². The van der Waals surface area contributed by atoms with Gasteiger partial charge in [0.05, 0.1) is 5.02 Å². The molecule has 0 bridgehead atoms. The van der Waals surface area contributed by atoms with Crippen molar-refractivity contribution < 1.29 is 13.2 Å². The molecule has 0 aliphatic rings. The van der Waals surface area contributed by atoms with Crippen molar-refractivity contribution in [2.45, 2.75) is 12.5 Å². The molecular formula is C14H12ClF3N2. The second-order valence-electron chi connectivity index (χ2n) is 4.30. The molecule has 1 N–H and O–H groups in total. The third-order valence-corrected chi connectivity index (χ3v) is 3.36. The third-order valence-electron chi connectivity index (χ3n) is 3.02. The van der Waals surface area contributed by atoms with Crippen molar-refractivity contribution in [2.75, 3.05) is 7.05 Å². The number of aromatic nitrogens is 1. The first kappa shape index (κ1) is 14.8. The lowest BCUT2D eigenvalue weighted by atomic mass is 9.98. The largest absolute Gasteiger partial charge is 0.313 e. The fourth-order valence-electron chi connectivity index (χ4n) is 2.02. The predicted octanol–water partition coefficient (Wildman–Crippen LogP) is 3.66. The van der Waals surface area contributed by atoms with Gasteiger partial charge >= 0.3 is 0 Å². The van der Waals surface area contributed by atoms with Gasteiger partial charge in [0, 0.05) is 36.1 Å². The molecule has 1 atom stereocenters. The summed E-state index contributed by atoms with van der Waals surface area (Å²) in [7, 11) is 1.57. The van der Waals surface area contributed by atoms with E-state index in [2.05, 4.69) is 10.3 Å². The molecule has 0 amide bonds. The van der Waals surface area contributed by atoms with Crippen LogP contribution in [0.1, 0.15) is 17.2 Å². The molecule has 1 aromatic carbocycles. The van der Waals surface area contributed by atoms with E-state index < -0.39 is 23.5 Å². The van der Waals surface area contributed by atoms with Crippen LogP contribution in [0.15, 0.2) is 30.6 Å². The minimum absolute atomic E-state index is 0.207. The highest BCUT2D eigenvalue weighted by atomic mass is 35.5. The normalized spacial score (nSPS) is 12.4. The van der Waals surface area contributed by atoms with Gasteiger partial charge < -0.3 is 5.32 Å². The lowest BCUT2D eigenvalue weighted by molar-refractivity contribution is 0.475. The molecule has 0 aliphatic heterocycles. The minimum Gasteiger partial charge on any atom is -0.313 e. The Kier molecular flexibility index (Phi) is 4.62. The number of benzene rings is 1. The molecule has 0 fully saturated rings. The van der Waals surface area contributed by atoms with E-state index in [0.29, 0.717) is 22.7 Å². The highest BCUT2D eigenvalue weighted by Crippen LogP contribution is 2.27.